The number of carbonyl (C=O) groups excluding carboxylic acids is 1. The average molecular weight is 187 g/mol. The summed E-state index contributed by atoms with van der Waals surface area (Å²) in [5.74, 6) is 0.966. The first-order valence-electron chi connectivity index (χ1n) is 4.02. The zero-order chi connectivity index (χ0) is 9.61. The van der Waals surface area contributed by atoms with Crippen LogP contribution in [0.2, 0.25) is 0 Å². The number of carbonyl (C=O) groups is 1. The molecule has 1 amide bonds. The van der Waals surface area contributed by atoms with Gasteiger partial charge in [-0.3, -0.25) is 4.79 Å². The first-order chi connectivity index (χ1) is 5.54. The SMILES string of the molecule is C/C=C\CSC(C)(C)C(=O)NC. The summed E-state index contributed by atoms with van der Waals surface area (Å²) < 4.78 is -0.325. The van der Waals surface area contributed by atoms with Crippen molar-refractivity contribution in [2.24, 2.45) is 0 Å². The van der Waals surface area contributed by atoms with Crippen molar-refractivity contribution >= 4 is 17.7 Å². The van der Waals surface area contributed by atoms with Crippen LogP contribution in [-0.2, 0) is 4.79 Å². The molecule has 0 aliphatic rings. The van der Waals surface area contributed by atoms with Crippen molar-refractivity contribution in [2.75, 3.05) is 12.8 Å². The van der Waals surface area contributed by atoms with E-state index in [0.717, 1.165) is 5.75 Å². The summed E-state index contributed by atoms with van der Waals surface area (Å²) in [4.78, 5) is 11.3. The number of allylic oxidation sites excluding steroid dienone is 1. The van der Waals surface area contributed by atoms with Gasteiger partial charge in [0, 0.05) is 12.8 Å². The van der Waals surface area contributed by atoms with Gasteiger partial charge < -0.3 is 5.32 Å². The van der Waals surface area contributed by atoms with Gasteiger partial charge in [-0.15, -0.1) is 11.8 Å². The molecule has 0 aliphatic carbocycles. The topological polar surface area (TPSA) is 29.1 Å². The maximum absolute atomic E-state index is 11.3. The highest BCUT2D eigenvalue weighted by atomic mass is 32.2. The van der Waals surface area contributed by atoms with Crippen LogP contribution < -0.4 is 5.32 Å². The Hall–Kier alpha value is -0.440. The van der Waals surface area contributed by atoms with Gasteiger partial charge in [0.25, 0.3) is 0 Å². The molecule has 0 rings (SSSR count). The normalized spacial score (nSPS) is 12.0. The molecule has 0 bridgehead atoms. The van der Waals surface area contributed by atoms with E-state index < -0.39 is 0 Å². The Kier molecular flexibility index (Phi) is 5.06. The standard InChI is InChI=1S/C9H17NOS/c1-5-6-7-12-9(2,3)8(11)10-4/h5-6H,7H2,1-4H3,(H,10,11)/b6-5-. The van der Waals surface area contributed by atoms with E-state index in [0.29, 0.717) is 0 Å². The number of hydrogen-bond acceptors (Lipinski definition) is 2. The summed E-state index contributed by atoms with van der Waals surface area (Å²) in [6.07, 6.45) is 4.04. The van der Waals surface area contributed by atoms with Gasteiger partial charge >= 0.3 is 0 Å². The van der Waals surface area contributed by atoms with E-state index in [-0.39, 0.29) is 10.7 Å². The van der Waals surface area contributed by atoms with E-state index in [1.807, 2.05) is 26.8 Å². The second-order valence-corrected chi connectivity index (χ2v) is 4.61. The molecule has 0 saturated heterocycles. The summed E-state index contributed by atoms with van der Waals surface area (Å²) in [5, 5.41) is 2.65. The molecule has 0 aliphatic heterocycles. The fraction of sp³-hybridized carbons (Fsp3) is 0.667. The van der Waals surface area contributed by atoms with Crippen LogP contribution in [0.3, 0.4) is 0 Å². The van der Waals surface area contributed by atoms with Crippen LogP contribution in [0.4, 0.5) is 0 Å². The molecule has 3 heteroatoms. The molecule has 1 N–H and O–H groups in total. The molecule has 0 radical (unpaired) electrons. The molecule has 0 aromatic heterocycles. The Bertz CT molecular complexity index is 175. The van der Waals surface area contributed by atoms with Crippen LogP contribution in [0.5, 0.6) is 0 Å². The summed E-state index contributed by atoms with van der Waals surface area (Å²) in [6, 6.07) is 0. The molecule has 0 saturated carbocycles. The van der Waals surface area contributed by atoms with Crippen LogP contribution in [0.15, 0.2) is 12.2 Å². The van der Waals surface area contributed by atoms with E-state index in [9.17, 15) is 4.79 Å². The molecule has 0 fully saturated rings. The molecular formula is C9H17NOS. The molecule has 2 nitrogen and oxygen atoms in total. The van der Waals surface area contributed by atoms with Gasteiger partial charge in [0.05, 0.1) is 4.75 Å². The second-order valence-electron chi connectivity index (χ2n) is 2.97. The van der Waals surface area contributed by atoms with Crippen LogP contribution in [-0.4, -0.2) is 23.5 Å². The molecule has 0 aromatic rings. The van der Waals surface area contributed by atoms with Crippen LogP contribution in [0.25, 0.3) is 0 Å². The van der Waals surface area contributed by atoms with E-state index in [1.165, 1.54) is 0 Å². The highest BCUT2D eigenvalue weighted by Crippen LogP contribution is 2.24. The highest BCUT2D eigenvalue weighted by molar-refractivity contribution is 8.01. The van der Waals surface area contributed by atoms with Gasteiger partial charge in [0.2, 0.25) is 5.91 Å². The summed E-state index contributed by atoms with van der Waals surface area (Å²) in [6.45, 7) is 5.84. The average Bonchev–Trinajstić information content (AvgIpc) is 2.03. The third-order valence-corrected chi connectivity index (χ3v) is 2.82. The Morgan fingerprint density at radius 3 is 2.58 bits per heavy atom. The van der Waals surface area contributed by atoms with Crippen molar-refractivity contribution in [3.63, 3.8) is 0 Å². The van der Waals surface area contributed by atoms with Gasteiger partial charge in [-0.05, 0) is 20.8 Å². The third-order valence-electron chi connectivity index (χ3n) is 1.55. The third kappa shape index (κ3) is 3.81. The van der Waals surface area contributed by atoms with Gasteiger partial charge in [-0.1, -0.05) is 12.2 Å². The van der Waals surface area contributed by atoms with Crippen LogP contribution >= 0.6 is 11.8 Å². The largest absolute Gasteiger partial charge is 0.358 e. The van der Waals surface area contributed by atoms with E-state index in [2.05, 4.69) is 11.4 Å². The quantitative estimate of drug-likeness (QED) is 0.680. The van der Waals surface area contributed by atoms with Gasteiger partial charge in [-0.25, -0.2) is 0 Å². The molecule has 0 aromatic carbocycles. The summed E-state index contributed by atoms with van der Waals surface area (Å²) in [5.41, 5.74) is 0. The number of rotatable bonds is 4. The lowest BCUT2D eigenvalue weighted by atomic mass is 10.2. The lowest BCUT2D eigenvalue weighted by molar-refractivity contribution is -0.122. The zero-order valence-corrected chi connectivity index (χ0v) is 8.99. The minimum atomic E-state index is -0.325. The fourth-order valence-electron chi connectivity index (χ4n) is 0.719. The first-order valence-corrected chi connectivity index (χ1v) is 5.00. The minimum absolute atomic E-state index is 0.0806. The monoisotopic (exact) mass is 187 g/mol. The predicted octanol–water partition coefficient (Wildman–Crippen LogP) is 1.82. The lowest BCUT2D eigenvalue weighted by Gasteiger charge is -2.20. The summed E-state index contributed by atoms with van der Waals surface area (Å²) in [7, 11) is 1.67. The van der Waals surface area contributed by atoms with Crippen LogP contribution in [0.1, 0.15) is 20.8 Å². The van der Waals surface area contributed by atoms with Crippen molar-refractivity contribution in [3.8, 4) is 0 Å². The van der Waals surface area contributed by atoms with Gasteiger partial charge in [0.1, 0.15) is 0 Å². The van der Waals surface area contributed by atoms with E-state index >= 15 is 0 Å². The van der Waals surface area contributed by atoms with Crippen molar-refractivity contribution in [3.05, 3.63) is 12.2 Å². The maximum atomic E-state index is 11.3. The maximum Gasteiger partial charge on any atom is 0.235 e. The highest BCUT2D eigenvalue weighted by Gasteiger charge is 2.25. The minimum Gasteiger partial charge on any atom is -0.358 e. The molecular weight excluding hydrogens is 170 g/mol. The van der Waals surface area contributed by atoms with Crippen molar-refractivity contribution in [1.82, 2.24) is 5.32 Å². The molecule has 12 heavy (non-hydrogen) atoms. The molecule has 0 spiro atoms. The molecule has 70 valence electrons. The second kappa shape index (κ2) is 5.25. The Morgan fingerprint density at radius 2 is 2.17 bits per heavy atom. The summed E-state index contributed by atoms with van der Waals surface area (Å²) >= 11 is 1.64. The number of nitrogens with one attached hydrogen (secondary N) is 1. The van der Waals surface area contributed by atoms with Crippen LogP contribution in [0, 0.1) is 0 Å². The number of thioether (sulfide) groups is 1. The number of amides is 1. The number of hydrogen-bond donors (Lipinski definition) is 1. The first kappa shape index (κ1) is 11.6. The predicted molar refractivity (Wildman–Crippen MR) is 55.4 cm³/mol. The van der Waals surface area contributed by atoms with E-state index in [4.69, 9.17) is 0 Å². The Labute approximate surface area is 78.8 Å². The Morgan fingerprint density at radius 1 is 1.58 bits per heavy atom. The molecule has 0 atom stereocenters. The zero-order valence-electron chi connectivity index (χ0n) is 8.18. The lowest BCUT2D eigenvalue weighted by Crippen LogP contribution is -2.37. The fourth-order valence-corrected chi connectivity index (χ4v) is 1.66. The van der Waals surface area contributed by atoms with Crippen molar-refractivity contribution < 1.29 is 4.79 Å². The van der Waals surface area contributed by atoms with Crippen molar-refractivity contribution in [1.29, 1.82) is 0 Å². The van der Waals surface area contributed by atoms with Crippen molar-refractivity contribution in [2.45, 2.75) is 25.5 Å². The molecule has 0 heterocycles. The van der Waals surface area contributed by atoms with E-state index in [1.54, 1.807) is 18.8 Å². The van der Waals surface area contributed by atoms with Gasteiger partial charge in [-0.2, -0.15) is 0 Å². The van der Waals surface area contributed by atoms with Gasteiger partial charge in [0.15, 0.2) is 0 Å². The smallest absolute Gasteiger partial charge is 0.235 e. The Balaban J connectivity index is 3.94. The molecule has 0 unspecified atom stereocenters.